The number of thiocarbonyl (C=S) groups is 1. The van der Waals surface area contributed by atoms with Gasteiger partial charge in [-0.1, -0.05) is 6.92 Å². The molecule has 0 aromatic carbocycles. The summed E-state index contributed by atoms with van der Waals surface area (Å²) in [6.45, 7) is 6.40. The highest BCUT2D eigenvalue weighted by Crippen LogP contribution is 2.32. The van der Waals surface area contributed by atoms with Gasteiger partial charge >= 0.3 is 0 Å². The van der Waals surface area contributed by atoms with Gasteiger partial charge in [0.05, 0.1) is 6.04 Å². The first-order valence-corrected chi connectivity index (χ1v) is 7.70. The lowest BCUT2D eigenvalue weighted by molar-refractivity contribution is 0.306. The van der Waals surface area contributed by atoms with Gasteiger partial charge in [0.25, 0.3) is 0 Å². The molecule has 0 unspecified atom stereocenters. The maximum Gasteiger partial charge on any atom is 0.169 e. The summed E-state index contributed by atoms with van der Waals surface area (Å²) in [6.07, 6.45) is 5.82. The predicted octanol–water partition coefficient (Wildman–Crippen LogP) is 3.08. The first-order valence-electron chi connectivity index (χ1n) is 7.29. The van der Waals surface area contributed by atoms with Crippen LogP contribution in [0.3, 0.4) is 0 Å². The van der Waals surface area contributed by atoms with E-state index in [1.54, 1.807) is 0 Å². The van der Waals surface area contributed by atoms with Crippen LogP contribution in [0, 0.1) is 5.92 Å². The smallest absolute Gasteiger partial charge is 0.169 e. The minimum atomic E-state index is 0.413. The van der Waals surface area contributed by atoms with Crippen molar-refractivity contribution in [3.8, 4) is 0 Å². The molecule has 1 saturated heterocycles. The van der Waals surface area contributed by atoms with Crippen molar-refractivity contribution in [1.29, 1.82) is 0 Å². The number of rotatable bonds is 2. The zero-order valence-corrected chi connectivity index (χ0v) is 13.0. The summed E-state index contributed by atoms with van der Waals surface area (Å²) in [5, 5.41) is 4.22. The standard InChI is InChI=1S/C15H25N3S/c1-4-16-15(19)18-11-9-12(2)7-8-14(18)13-6-5-10-17(13)3/h5-6,10,12,14H,4,7-9,11H2,1-3H3,(H,16,19)/t12-,14+/m0/s1. The van der Waals surface area contributed by atoms with Crippen molar-refractivity contribution in [3.05, 3.63) is 24.0 Å². The van der Waals surface area contributed by atoms with E-state index in [1.165, 1.54) is 25.0 Å². The number of nitrogens with zero attached hydrogens (tertiary/aromatic N) is 2. The van der Waals surface area contributed by atoms with Crippen LogP contribution >= 0.6 is 12.2 Å². The minimum absolute atomic E-state index is 0.413. The van der Waals surface area contributed by atoms with Crippen LogP contribution in [0.1, 0.15) is 44.8 Å². The lowest BCUT2D eigenvalue weighted by Gasteiger charge is -2.32. The Hall–Kier alpha value is -1.03. The number of likely N-dealkylation sites (tertiary alicyclic amines) is 1. The van der Waals surface area contributed by atoms with Gasteiger partial charge in [0, 0.05) is 32.0 Å². The lowest BCUT2D eigenvalue weighted by atomic mass is 10.0. The molecule has 2 heterocycles. The molecule has 2 rings (SSSR count). The van der Waals surface area contributed by atoms with Crippen molar-refractivity contribution in [2.24, 2.45) is 13.0 Å². The van der Waals surface area contributed by atoms with Gasteiger partial charge in [-0.3, -0.25) is 0 Å². The number of nitrogens with one attached hydrogen (secondary N) is 1. The molecule has 0 spiro atoms. The molecule has 0 amide bonds. The highest BCUT2D eigenvalue weighted by molar-refractivity contribution is 7.80. The Balaban J connectivity index is 2.24. The van der Waals surface area contributed by atoms with Gasteiger partial charge < -0.3 is 14.8 Å². The molecule has 1 aromatic heterocycles. The molecule has 1 aliphatic heterocycles. The summed E-state index contributed by atoms with van der Waals surface area (Å²) in [6, 6.07) is 4.76. The van der Waals surface area contributed by atoms with Crippen molar-refractivity contribution in [2.45, 2.75) is 39.2 Å². The van der Waals surface area contributed by atoms with Crippen LogP contribution in [0.25, 0.3) is 0 Å². The first kappa shape index (κ1) is 14.4. The molecule has 3 nitrogen and oxygen atoms in total. The summed E-state index contributed by atoms with van der Waals surface area (Å²) in [5.74, 6) is 0.789. The fourth-order valence-corrected chi connectivity index (χ4v) is 3.24. The average molecular weight is 279 g/mol. The minimum Gasteiger partial charge on any atom is -0.363 e. The van der Waals surface area contributed by atoms with Crippen molar-refractivity contribution in [1.82, 2.24) is 14.8 Å². The normalized spacial score (nSPS) is 24.1. The Morgan fingerprint density at radius 2 is 2.21 bits per heavy atom. The first-order chi connectivity index (χ1) is 9.13. The van der Waals surface area contributed by atoms with Gasteiger partial charge in [-0.25, -0.2) is 0 Å². The van der Waals surface area contributed by atoms with Gasteiger partial charge in [-0.2, -0.15) is 0 Å². The molecule has 0 aliphatic carbocycles. The maximum atomic E-state index is 5.57. The molecule has 4 heteroatoms. The van der Waals surface area contributed by atoms with E-state index in [9.17, 15) is 0 Å². The Kier molecular flexibility index (Phi) is 4.86. The molecule has 1 N–H and O–H groups in total. The number of hydrogen-bond acceptors (Lipinski definition) is 1. The van der Waals surface area contributed by atoms with Gasteiger partial charge in [-0.15, -0.1) is 0 Å². The van der Waals surface area contributed by atoms with E-state index in [-0.39, 0.29) is 0 Å². The quantitative estimate of drug-likeness (QED) is 0.840. The topological polar surface area (TPSA) is 20.2 Å². The molecule has 0 bridgehead atoms. The van der Waals surface area contributed by atoms with Crippen LogP contribution in [0.2, 0.25) is 0 Å². The molecule has 106 valence electrons. The summed E-state index contributed by atoms with van der Waals surface area (Å²) >= 11 is 5.57. The lowest BCUT2D eigenvalue weighted by Crippen LogP contribution is -2.42. The fraction of sp³-hybridized carbons (Fsp3) is 0.667. The second-order valence-corrected chi connectivity index (χ2v) is 5.95. The van der Waals surface area contributed by atoms with Gasteiger partial charge in [-0.05, 0) is 56.5 Å². The highest BCUT2D eigenvalue weighted by Gasteiger charge is 2.27. The zero-order valence-electron chi connectivity index (χ0n) is 12.2. The van der Waals surface area contributed by atoms with Crippen molar-refractivity contribution in [3.63, 3.8) is 0 Å². The third kappa shape index (κ3) is 3.30. The van der Waals surface area contributed by atoms with Crippen LogP contribution in [0.5, 0.6) is 0 Å². The number of aryl methyl sites for hydroxylation is 1. The molecule has 1 fully saturated rings. The van der Waals surface area contributed by atoms with E-state index in [2.05, 4.69) is 54.0 Å². The third-order valence-electron chi connectivity index (χ3n) is 4.09. The third-order valence-corrected chi connectivity index (χ3v) is 4.46. The predicted molar refractivity (Wildman–Crippen MR) is 84.1 cm³/mol. The van der Waals surface area contributed by atoms with Crippen LogP contribution in [0.15, 0.2) is 18.3 Å². The molecular formula is C15H25N3S. The van der Waals surface area contributed by atoms with Crippen molar-refractivity contribution < 1.29 is 0 Å². The van der Waals surface area contributed by atoms with E-state index in [0.717, 1.165) is 24.1 Å². The van der Waals surface area contributed by atoms with E-state index in [0.29, 0.717) is 6.04 Å². The largest absolute Gasteiger partial charge is 0.363 e. The Labute approximate surface area is 122 Å². The van der Waals surface area contributed by atoms with E-state index >= 15 is 0 Å². The summed E-state index contributed by atoms with van der Waals surface area (Å²) in [4.78, 5) is 2.39. The molecule has 19 heavy (non-hydrogen) atoms. The molecule has 2 atom stereocenters. The molecule has 1 aromatic rings. The monoisotopic (exact) mass is 279 g/mol. The zero-order chi connectivity index (χ0) is 13.8. The van der Waals surface area contributed by atoms with Gasteiger partial charge in [0.1, 0.15) is 0 Å². The summed E-state index contributed by atoms with van der Waals surface area (Å²) in [5.41, 5.74) is 1.37. The molecule has 0 radical (unpaired) electrons. The second-order valence-electron chi connectivity index (χ2n) is 5.56. The van der Waals surface area contributed by atoms with Crippen molar-refractivity contribution >= 4 is 17.3 Å². The van der Waals surface area contributed by atoms with Crippen LogP contribution in [0.4, 0.5) is 0 Å². The fourth-order valence-electron chi connectivity index (χ4n) is 2.88. The number of aromatic nitrogens is 1. The average Bonchev–Trinajstić information content (AvgIpc) is 2.69. The Morgan fingerprint density at radius 3 is 2.84 bits per heavy atom. The van der Waals surface area contributed by atoms with Gasteiger partial charge in [0.15, 0.2) is 5.11 Å². The van der Waals surface area contributed by atoms with Crippen LogP contribution in [-0.2, 0) is 7.05 Å². The SMILES string of the molecule is CCNC(=S)N1CC[C@@H](C)CC[C@@H]1c1cccn1C. The molecule has 0 saturated carbocycles. The van der Waals surface area contributed by atoms with Gasteiger partial charge in [0.2, 0.25) is 0 Å². The maximum absolute atomic E-state index is 5.57. The van der Waals surface area contributed by atoms with E-state index in [1.807, 2.05) is 0 Å². The number of hydrogen-bond donors (Lipinski definition) is 1. The van der Waals surface area contributed by atoms with Crippen LogP contribution in [-0.4, -0.2) is 27.7 Å². The molecular weight excluding hydrogens is 254 g/mol. The highest BCUT2D eigenvalue weighted by atomic mass is 32.1. The Morgan fingerprint density at radius 1 is 1.42 bits per heavy atom. The van der Waals surface area contributed by atoms with E-state index in [4.69, 9.17) is 12.2 Å². The Bertz CT molecular complexity index is 427. The molecule has 1 aliphatic rings. The van der Waals surface area contributed by atoms with Crippen molar-refractivity contribution in [2.75, 3.05) is 13.1 Å². The summed E-state index contributed by atoms with van der Waals surface area (Å²) < 4.78 is 2.22. The van der Waals surface area contributed by atoms with E-state index < -0.39 is 0 Å². The summed E-state index contributed by atoms with van der Waals surface area (Å²) in [7, 11) is 2.12. The van der Waals surface area contributed by atoms with Crippen LogP contribution < -0.4 is 5.32 Å². The second kappa shape index (κ2) is 6.42.